The van der Waals surface area contributed by atoms with Crippen LogP contribution in [-0.2, 0) is 12.4 Å². The average Bonchev–Trinajstić information content (AvgIpc) is 2.53. The SMILES string of the molecule is N#[N+]Nc1ccccc1C(=O)Nc1cc(C(F)(F)F)cc(C(F)(F)F)c1. The highest BCUT2D eigenvalue weighted by Crippen LogP contribution is 2.37. The summed E-state index contributed by atoms with van der Waals surface area (Å²) in [6.45, 7) is 0. The van der Waals surface area contributed by atoms with Gasteiger partial charge in [-0.2, -0.15) is 26.3 Å². The Balaban J connectivity index is 2.43. The number of para-hydroxylation sites is 1. The second kappa shape index (κ2) is 6.91. The van der Waals surface area contributed by atoms with E-state index in [0.717, 1.165) is 0 Å². The van der Waals surface area contributed by atoms with Crippen LogP contribution >= 0.6 is 0 Å². The van der Waals surface area contributed by atoms with Crippen molar-refractivity contribution < 1.29 is 31.1 Å². The van der Waals surface area contributed by atoms with Crippen LogP contribution in [0.2, 0.25) is 0 Å². The van der Waals surface area contributed by atoms with Gasteiger partial charge in [0.1, 0.15) is 5.69 Å². The van der Waals surface area contributed by atoms with Gasteiger partial charge in [0.15, 0.2) is 0 Å². The molecule has 0 heterocycles. The summed E-state index contributed by atoms with van der Waals surface area (Å²) in [7, 11) is 0. The van der Waals surface area contributed by atoms with Crippen molar-refractivity contribution >= 4 is 17.3 Å². The van der Waals surface area contributed by atoms with Crippen molar-refractivity contribution in [2.45, 2.75) is 12.4 Å². The number of anilines is 2. The van der Waals surface area contributed by atoms with E-state index in [1.165, 1.54) is 24.3 Å². The van der Waals surface area contributed by atoms with E-state index in [-0.39, 0.29) is 17.3 Å². The molecule has 0 spiro atoms. The van der Waals surface area contributed by atoms with Gasteiger partial charge in [-0.15, -0.1) is 0 Å². The highest BCUT2D eigenvalue weighted by molar-refractivity contribution is 6.08. The van der Waals surface area contributed by atoms with Gasteiger partial charge in [-0.3, -0.25) is 4.79 Å². The molecule has 0 radical (unpaired) electrons. The van der Waals surface area contributed by atoms with Crippen LogP contribution in [0.5, 0.6) is 0 Å². The van der Waals surface area contributed by atoms with E-state index in [1.54, 1.807) is 0 Å². The molecule has 0 saturated heterocycles. The van der Waals surface area contributed by atoms with Gasteiger partial charge in [-0.25, -0.2) is 0 Å². The minimum absolute atomic E-state index is 0.00415. The quantitative estimate of drug-likeness (QED) is 0.443. The molecule has 26 heavy (non-hydrogen) atoms. The van der Waals surface area contributed by atoms with E-state index in [0.29, 0.717) is 12.1 Å². The van der Waals surface area contributed by atoms with Crippen LogP contribution in [-0.4, -0.2) is 5.91 Å². The number of carbonyl (C=O) groups is 1. The van der Waals surface area contributed by atoms with Crippen LogP contribution in [0.15, 0.2) is 42.5 Å². The van der Waals surface area contributed by atoms with Crippen LogP contribution in [0.25, 0.3) is 5.08 Å². The van der Waals surface area contributed by atoms with E-state index in [2.05, 4.69) is 10.5 Å². The first-order chi connectivity index (χ1) is 12.0. The Morgan fingerprint density at radius 2 is 1.46 bits per heavy atom. The molecule has 2 rings (SSSR count). The highest BCUT2D eigenvalue weighted by atomic mass is 19.4. The lowest BCUT2D eigenvalue weighted by Crippen LogP contribution is -2.16. The number of diazo groups is 1. The Labute approximate surface area is 142 Å². The first kappa shape index (κ1) is 19.0. The standard InChI is InChI=1S/C15H8F6N4O/c16-14(17,18)8-5-9(15(19,20)21)7-10(6-8)23-13(26)11-3-1-2-4-12(11)24-25-22/h1-7H,(H-,23,24,26)/p+1. The third-order valence-electron chi connectivity index (χ3n) is 3.19. The van der Waals surface area contributed by atoms with E-state index < -0.39 is 35.1 Å². The van der Waals surface area contributed by atoms with Crippen LogP contribution in [0.3, 0.4) is 0 Å². The maximum absolute atomic E-state index is 12.8. The van der Waals surface area contributed by atoms with Gasteiger partial charge in [-0.05, 0) is 35.8 Å². The predicted octanol–water partition coefficient (Wildman–Crippen LogP) is 5.16. The molecule has 0 fully saturated rings. The summed E-state index contributed by atoms with van der Waals surface area (Å²) in [5.41, 5.74) is -1.89. The molecule has 2 aromatic rings. The molecule has 2 N–H and O–H groups in total. The van der Waals surface area contributed by atoms with Crippen LogP contribution in [0.4, 0.5) is 37.7 Å². The molecule has 2 aromatic carbocycles. The minimum atomic E-state index is -5.03. The first-order valence-electron chi connectivity index (χ1n) is 6.82. The molecule has 0 aromatic heterocycles. The Kier molecular flexibility index (Phi) is 5.06. The van der Waals surface area contributed by atoms with Crippen molar-refractivity contribution in [1.82, 2.24) is 0 Å². The summed E-state index contributed by atoms with van der Waals surface area (Å²) in [4.78, 5) is 12.2. The third-order valence-corrected chi connectivity index (χ3v) is 3.19. The number of halogens is 6. The monoisotopic (exact) mass is 375 g/mol. The molecule has 0 bridgehead atoms. The Morgan fingerprint density at radius 1 is 0.923 bits per heavy atom. The van der Waals surface area contributed by atoms with Gasteiger partial charge in [0, 0.05) is 5.69 Å². The van der Waals surface area contributed by atoms with Crippen molar-refractivity contribution in [3.8, 4) is 0 Å². The Bertz CT molecular complexity index is 837. The molecule has 0 unspecified atom stereocenters. The van der Waals surface area contributed by atoms with Gasteiger partial charge >= 0.3 is 17.4 Å². The Hall–Kier alpha value is -3.29. The zero-order valence-corrected chi connectivity index (χ0v) is 12.6. The van der Waals surface area contributed by atoms with E-state index in [9.17, 15) is 31.1 Å². The number of hydrogen-bond donors (Lipinski definition) is 2. The summed E-state index contributed by atoms with van der Waals surface area (Å²) < 4.78 is 77.0. The molecular formula is C15H9F6N4O+. The van der Waals surface area contributed by atoms with Crippen molar-refractivity contribution in [3.63, 3.8) is 0 Å². The van der Waals surface area contributed by atoms with Gasteiger partial charge in [-0.1, -0.05) is 12.1 Å². The summed E-state index contributed by atoms with van der Waals surface area (Å²) in [6.07, 6.45) is -10.1. The normalized spacial score (nSPS) is 11.6. The number of rotatable bonds is 3. The van der Waals surface area contributed by atoms with E-state index in [1.807, 2.05) is 5.32 Å². The maximum Gasteiger partial charge on any atom is 0.416 e. The topological polar surface area (TPSA) is 69.3 Å². The van der Waals surface area contributed by atoms with Crippen molar-refractivity contribution in [2.75, 3.05) is 10.7 Å². The summed E-state index contributed by atoms with van der Waals surface area (Å²) in [5, 5.41) is 13.1. The zero-order valence-electron chi connectivity index (χ0n) is 12.6. The van der Waals surface area contributed by atoms with Gasteiger partial charge in [0.25, 0.3) is 11.3 Å². The number of carbonyl (C=O) groups excluding carboxylic acids is 1. The molecule has 0 aliphatic rings. The van der Waals surface area contributed by atoms with Gasteiger partial charge in [0.2, 0.25) is 0 Å². The Morgan fingerprint density at radius 3 is 1.96 bits per heavy atom. The number of alkyl halides is 6. The maximum atomic E-state index is 12.8. The molecule has 0 aliphatic heterocycles. The fraction of sp³-hybridized carbons (Fsp3) is 0.133. The molecule has 5 nitrogen and oxygen atoms in total. The molecule has 1 amide bonds. The average molecular weight is 375 g/mol. The summed E-state index contributed by atoms with van der Waals surface area (Å²) in [5.74, 6) is -0.996. The molecule has 0 atom stereocenters. The molecule has 136 valence electrons. The van der Waals surface area contributed by atoms with E-state index in [4.69, 9.17) is 5.39 Å². The first-order valence-corrected chi connectivity index (χ1v) is 6.82. The van der Waals surface area contributed by atoms with Gasteiger partial charge < -0.3 is 5.32 Å². The predicted molar refractivity (Wildman–Crippen MR) is 79.5 cm³/mol. The number of benzene rings is 2. The fourth-order valence-corrected chi connectivity index (χ4v) is 2.06. The molecule has 11 heteroatoms. The van der Waals surface area contributed by atoms with Crippen LogP contribution in [0, 0.1) is 5.39 Å². The lowest BCUT2D eigenvalue weighted by atomic mass is 10.1. The lowest BCUT2D eigenvalue weighted by Gasteiger charge is -2.15. The van der Waals surface area contributed by atoms with Gasteiger partial charge in [0.05, 0.1) is 16.7 Å². The summed E-state index contributed by atoms with van der Waals surface area (Å²) in [6, 6.07) is 6.17. The number of hydrogen-bond acceptors (Lipinski definition) is 3. The highest BCUT2D eigenvalue weighted by Gasteiger charge is 2.37. The fourth-order valence-electron chi connectivity index (χ4n) is 2.06. The molecular weight excluding hydrogens is 366 g/mol. The molecule has 0 saturated carbocycles. The van der Waals surface area contributed by atoms with Crippen molar-refractivity contribution in [1.29, 1.82) is 5.39 Å². The van der Waals surface area contributed by atoms with Crippen LogP contribution in [0.1, 0.15) is 21.5 Å². The largest absolute Gasteiger partial charge is 0.416 e. The van der Waals surface area contributed by atoms with Crippen molar-refractivity contribution in [3.05, 3.63) is 64.2 Å². The number of amides is 1. The summed E-state index contributed by atoms with van der Waals surface area (Å²) >= 11 is 0. The van der Waals surface area contributed by atoms with Crippen LogP contribution < -0.4 is 10.7 Å². The molecule has 0 aliphatic carbocycles. The second-order valence-electron chi connectivity index (χ2n) is 5.01. The van der Waals surface area contributed by atoms with Crippen molar-refractivity contribution in [2.24, 2.45) is 0 Å². The third kappa shape index (κ3) is 4.41. The minimum Gasteiger partial charge on any atom is -0.322 e. The van der Waals surface area contributed by atoms with E-state index >= 15 is 0 Å². The lowest BCUT2D eigenvalue weighted by molar-refractivity contribution is -0.143. The smallest absolute Gasteiger partial charge is 0.322 e. The zero-order chi connectivity index (χ0) is 19.5. The second-order valence-corrected chi connectivity index (χ2v) is 5.01. The number of nitrogens with zero attached hydrogens (tertiary/aromatic N) is 2. The number of nitrogens with one attached hydrogen (secondary N) is 2.